The smallest absolute Gasteiger partial charge is 0.341 e. The molecule has 3 rings (SSSR count). The number of rotatable bonds is 5. The van der Waals surface area contributed by atoms with Crippen LogP contribution in [0, 0.1) is 13.8 Å². The van der Waals surface area contributed by atoms with E-state index in [1.165, 1.54) is 47.3 Å². The first-order valence-electron chi connectivity index (χ1n) is 8.65. The normalized spacial score (nSPS) is 11.0. The molecule has 0 spiro atoms. The van der Waals surface area contributed by atoms with Crippen LogP contribution in [0.3, 0.4) is 0 Å². The van der Waals surface area contributed by atoms with Gasteiger partial charge in [0.05, 0.1) is 16.8 Å². The number of aryl methyl sites for hydroxylation is 1. The summed E-state index contributed by atoms with van der Waals surface area (Å²) >= 11 is 0. The Balaban J connectivity index is 2.09. The number of carboxylic acid groups (broad SMARTS) is 2. The van der Waals surface area contributed by atoms with E-state index in [2.05, 4.69) is 15.2 Å². The molecular weight excluding hydrogens is 392 g/mol. The highest BCUT2D eigenvalue weighted by atomic mass is 16.4. The molecule has 0 radical (unpaired) electrons. The van der Waals surface area contributed by atoms with Crippen LogP contribution in [0.5, 0.6) is 5.88 Å². The van der Waals surface area contributed by atoms with Gasteiger partial charge in [0.1, 0.15) is 5.56 Å². The maximum absolute atomic E-state index is 12.4. The van der Waals surface area contributed by atoms with Gasteiger partial charge in [0.2, 0.25) is 5.88 Å². The Kier molecular flexibility index (Phi) is 5.41. The van der Waals surface area contributed by atoms with Crippen LogP contribution in [0.15, 0.2) is 57.7 Å². The fourth-order valence-electron chi connectivity index (χ4n) is 2.86. The largest absolute Gasteiger partial charge is 0.493 e. The fourth-order valence-corrected chi connectivity index (χ4v) is 2.86. The van der Waals surface area contributed by atoms with E-state index in [-0.39, 0.29) is 28.1 Å². The number of hydrogen-bond donors (Lipinski definition) is 4. The summed E-state index contributed by atoms with van der Waals surface area (Å²) in [6, 6.07) is 7.15. The van der Waals surface area contributed by atoms with Crippen molar-refractivity contribution in [3.8, 4) is 11.6 Å². The molecule has 1 aromatic carbocycles. The molecule has 2 heterocycles. The van der Waals surface area contributed by atoms with Gasteiger partial charge in [0, 0.05) is 6.07 Å². The van der Waals surface area contributed by atoms with Crippen molar-refractivity contribution in [2.75, 3.05) is 0 Å². The first-order chi connectivity index (χ1) is 14.2. The van der Waals surface area contributed by atoms with Crippen molar-refractivity contribution in [3.63, 3.8) is 0 Å². The van der Waals surface area contributed by atoms with E-state index in [0.29, 0.717) is 11.3 Å². The number of aromatic hydroxyl groups is 1. The number of pyridine rings is 2. The van der Waals surface area contributed by atoms with Crippen LogP contribution in [-0.2, 0) is 0 Å². The molecule has 10 heteroatoms. The average molecular weight is 409 g/mol. The number of aromatic carboxylic acids is 2. The van der Waals surface area contributed by atoms with Gasteiger partial charge in [-0.2, -0.15) is 9.68 Å². The lowest BCUT2D eigenvalue weighted by Gasteiger charge is -2.06. The lowest BCUT2D eigenvalue weighted by atomic mass is 10.1. The highest BCUT2D eigenvalue weighted by Gasteiger charge is 2.23. The predicted molar refractivity (Wildman–Crippen MR) is 104 cm³/mol. The molecular formula is C20H17N4O6+. The number of hydrogen-bond acceptors (Lipinski definition) is 6. The Hall–Kier alpha value is -4.34. The fraction of sp³-hybridized carbons (Fsp3) is 0.100. The summed E-state index contributed by atoms with van der Waals surface area (Å²) in [5.74, 6) is -2.72. The molecule has 0 amide bonds. The van der Waals surface area contributed by atoms with Crippen LogP contribution in [0.25, 0.3) is 5.69 Å². The molecule has 0 unspecified atom stereocenters. The van der Waals surface area contributed by atoms with Gasteiger partial charge in [-0.1, -0.05) is 0 Å². The number of aromatic nitrogens is 2. The second kappa shape index (κ2) is 7.95. The van der Waals surface area contributed by atoms with Gasteiger partial charge in [-0.25, -0.2) is 9.59 Å². The molecule has 0 fully saturated rings. The zero-order valence-corrected chi connectivity index (χ0v) is 15.9. The van der Waals surface area contributed by atoms with Gasteiger partial charge in [0.25, 0.3) is 5.69 Å². The first kappa shape index (κ1) is 20.4. The maximum Gasteiger partial charge on any atom is 0.341 e. The van der Waals surface area contributed by atoms with E-state index < -0.39 is 23.4 Å². The third kappa shape index (κ3) is 3.92. The van der Waals surface area contributed by atoms with Crippen molar-refractivity contribution in [2.45, 2.75) is 13.8 Å². The minimum Gasteiger partial charge on any atom is -0.493 e. The summed E-state index contributed by atoms with van der Waals surface area (Å²) in [5.41, 5.74) is 0.706. The minimum absolute atomic E-state index is 0.0143. The number of carboxylic acids is 2. The van der Waals surface area contributed by atoms with E-state index >= 15 is 0 Å². The Morgan fingerprint density at radius 3 is 2.37 bits per heavy atom. The lowest BCUT2D eigenvalue weighted by molar-refractivity contribution is -0.597. The van der Waals surface area contributed by atoms with Gasteiger partial charge in [0.15, 0.2) is 18.1 Å². The van der Waals surface area contributed by atoms with Crippen molar-refractivity contribution in [1.82, 2.24) is 4.98 Å². The molecule has 0 saturated carbocycles. The second-order valence-electron chi connectivity index (χ2n) is 6.44. The summed E-state index contributed by atoms with van der Waals surface area (Å²) in [5, 5.41) is 36.5. The summed E-state index contributed by atoms with van der Waals surface area (Å²) in [7, 11) is 0. The second-order valence-corrected chi connectivity index (χ2v) is 6.44. The average Bonchev–Trinajstić information content (AvgIpc) is 2.68. The third-order valence-corrected chi connectivity index (χ3v) is 4.39. The highest BCUT2D eigenvalue weighted by Crippen LogP contribution is 2.31. The number of nitrogens with one attached hydrogen (secondary N) is 1. The van der Waals surface area contributed by atoms with E-state index in [9.17, 15) is 24.6 Å². The quantitative estimate of drug-likeness (QED) is 0.375. The van der Waals surface area contributed by atoms with Crippen molar-refractivity contribution >= 4 is 23.3 Å². The number of H-pyrrole nitrogens is 1. The highest BCUT2D eigenvalue weighted by molar-refractivity contribution is 5.88. The van der Waals surface area contributed by atoms with Crippen molar-refractivity contribution in [1.29, 1.82) is 0 Å². The lowest BCUT2D eigenvalue weighted by Crippen LogP contribution is -2.38. The molecule has 4 N–H and O–H groups in total. The van der Waals surface area contributed by atoms with Gasteiger partial charge in [-0.05, 0) is 43.7 Å². The number of carbonyl (C=O) groups is 2. The Bertz CT molecular complexity index is 1260. The monoisotopic (exact) mass is 409 g/mol. The van der Waals surface area contributed by atoms with Crippen LogP contribution in [-0.4, -0.2) is 32.2 Å². The molecule has 0 aliphatic carbocycles. The van der Waals surface area contributed by atoms with Gasteiger partial charge < -0.3 is 15.3 Å². The molecule has 2 aromatic heterocycles. The molecule has 0 atom stereocenters. The van der Waals surface area contributed by atoms with Gasteiger partial charge in [-0.3, -0.25) is 9.78 Å². The number of aromatic amines is 1. The Morgan fingerprint density at radius 1 is 1.03 bits per heavy atom. The molecule has 152 valence electrons. The van der Waals surface area contributed by atoms with Crippen LogP contribution in [0.2, 0.25) is 0 Å². The molecule has 30 heavy (non-hydrogen) atoms. The summed E-state index contributed by atoms with van der Waals surface area (Å²) in [6.07, 6.45) is 2.77. The minimum atomic E-state index is -1.16. The van der Waals surface area contributed by atoms with E-state index in [1.54, 1.807) is 13.8 Å². The SMILES string of the molecule is Cc1cc(C(=O)O)ccc1/N=N/c1c(O)[nH]c(=O)c(-[n+]2cccc(C(=O)O)c2)c1C. The van der Waals surface area contributed by atoms with E-state index in [4.69, 9.17) is 5.11 Å². The zero-order valence-electron chi connectivity index (χ0n) is 15.9. The first-order valence-corrected chi connectivity index (χ1v) is 8.65. The van der Waals surface area contributed by atoms with Crippen LogP contribution >= 0.6 is 0 Å². The number of nitrogens with zero attached hydrogens (tertiary/aromatic N) is 3. The molecule has 3 aromatic rings. The summed E-state index contributed by atoms with van der Waals surface area (Å²) in [6.45, 7) is 3.21. The Labute approximate surface area is 169 Å². The topological polar surface area (TPSA) is 156 Å². The zero-order chi connectivity index (χ0) is 22.0. The Morgan fingerprint density at radius 2 is 1.73 bits per heavy atom. The predicted octanol–water partition coefficient (Wildman–Crippen LogP) is 2.79. The molecule has 0 aliphatic rings. The molecule has 0 bridgehead atoms. The summed E-state index contributed by atoms with van der Waals surface area (Å²) in [4.78, 5) is 36.9. The molecule has 10 nitrogen and oxygen atoms in total. The van der Waals surface area contributed by atoms with Crippen LogP contribution in [0.1, 0.15) is 31.8 Å². The van der Waals surface area contributed by atoms with Crippen molar-refractivity contribution in [2.24, 2.45) is 10.2 Å². The number of benzene rings is 1. The third-order valence-electron chi connectivity index (χ3n) is 4.39. The molecule has 0 saturated heterocycles. The van der Waals surface area contributed by atoms with Gasteiger partial charge >= 0.3 is 17.5 Å². The number of azo groups is 1. The maximum atomic E-state index is 12.4. The molecule has 0 aliphatic heterocycles. The van der Waals surface area contributed by atoms with Crippen molar-refractivity contribution < 1.29 is 29.5 Å². The van der Waals surface area contributed by atoms with Gasteiger partial charge in [-0.15, -0.1) is 5.11 Å². The standard InChI is InChI=1S/C20H16N4O6/c1-10-8-12(19(27)28)5-6-14(10)22-23-15-11(2)16(18(26)21-17(15)25)24-7-3-4-13(9-24)20(29)30/h3-9H,1-2H3,(H3-,21,22,25,26,27,28,29,30)/p+1. The van der Waals surface area contributed by atoms with Crippen LogP contribution < -0.4 is 10.1 Å². The van der Waals surface area contributed by atoms with E-state index in [1.807, 2.05) is 0 Å². The van der Waals surface area contributed by atoms with E-state index in [0.717, 1.165) is 0 Å². The van der Waals surface area contributed by atoms with Crippen LogP contribution in [0.4, 0.5) is 11.4 Å². The van der Waals surface area contributed by atoms with Crippen molar-refractivity contribution in [3.05, 3.63) is 75.3 Å². The summed E-state index contributed by atoms with van der Waals surface area (Å²) < 4.78 is 1.32.